The summed E-state index contributed by atoms with van der Waals surface area (Å²) in [6, 6.07) is 22.5. The van der Waals surface area contributed by atoms with Gasteiger partial charge in [0.05, 0.1) is 0 Å². The summed E-state index contributed by atoms with van der Waals surface area (Å²) in [6.45, 7) is 26.1. The Bertz CT molecular complexity index is 1750. The number of aryl methyl sites for hydroxylation is 9. The van der Waals surface area contributed by atoms with Crippen molar-refractivity contribution in [2.24, 2.45) is 0 Å². The van der Waals surface area contributed by atoms with Crippen LogP contribution in [0.5, 0.6) is 0 Å². The van der Waals surface area contributed by atoms with Gasteiger partial charge >= 0.3 is 0 Å². The van der Waals surface area contributed by atoms with Crippen molar-refractivity contribution in [1.82, 2.24) is 29.9 Å². The maximum absolute atomic E-state index is 4.86. The van der Waals surface area contributed by atoms with Crippen molar-refractivity contribution in [2.75, 3.05) is 0 Å². The van der Waals surface area contributed by atoms with Crippen molar-refractivity contribution >= 4 is 0 Å². The third-order valence-electron chi connectivity index (χ3n) is 10.1. The summed E-state index contributed by atoms with van der Waals surface area (Å²) in [4.78, 5) is 25.3. The maximum atomic E-state index is 4.86. The van der Waals surface area contributed by atoms with Crippen LogP contribution in [0.25, 0.3) is 0 Å². The van der Waals surface area contributed by atoms with Crippen LogP contribution in [0.1, 0.15) is 195 Å². The third kappa shape index (κ3) is 54.6. The third-order valence-corrected chi connectivity index (χ3v) is 10.1. The van der Waals surface area contributed by atoms with Gasteiger partial charge in [0.15, 0.2) is 0 Å². The number of hydrogen-bond donors (Lipinski definition) is 0. The van der Waals surface area contributed by atoms with Crippen molar-refractivity contribution in [3.8, 4) is 0 Å². The smallest absolute Gasteiger partial charge is 0.0438 e. The Morgan fingerprint density at radius 3 is 0.936 bits per heavy atom. The molecule has 0 saturated heterocycles. The predicted molar refractivity (Wildman–Crippen MR) is 337 cm³/mol. The fourth-order valence-electron chi connectivity index (χ4n) is 6.36. The topological polar surface area (TPSA) is 77.3 Å². The van der Waals surface area contributed by atoms with E-state index in [0.29, 0.717) is 0 Å². The molecule has 0 aromatic carbocycles. The van der Waals surface area contributed by atoms with Crippen molar-refractivity contribution in [3.05, 3.63) is 222 Å². The van der Waals surface area contributed by atoms with Gasteiger partial charge in [0.2, 0.25) is 0 Å². The Hall–Kier alpha value is -0.658. The summed E-state index contributed by atoms with van der Waals surface area (Å²) in [5, 5.41) is 0. The molecule has 0 atom stereocenters. The average Bonchev–Trinajstić information content (AvgIpc) is 3.34. The van der Waals surface area contributed by atoms with E-state index in [4.69, 9.17) is 4.98 Å². The second-order valence-corrected chi connectivity index (χ2v) is 14.0. The Kier molecular flexibility index (Phi) is 140. The van der Waals surface area contributed by atoms with Crippen LogP contribution in [0, 0.1) is 44.6 Å². The van der Waals surface area contributed by atoms with Crippen LogP contribution in [-0.4, -0.2) is 29.9 Å². The molecule has 0 aliphatic carbocycles. The van der Waals surface area contributed by atoms with Gasteiger partial charge in [0, 0.05) is 206 Å². The second kappa shape index (κ2) is 85.1. The van der Waals surface area contributed by atoms with Crippen molar-refractivity contribution in [1.29, 1.82) is 0 Å². The van der Waals surface area contributed by atoms with Crippen LogP contribution in [0.4, 0.5) is 0 Å². The van der Waals surface area contributed by atoms with Crippen LogP contribution in [0.2, 0.25) is 0 Å². The molecule has 6 nitrogen and oxygen atoms in total. The van der Waals surface area contributed by atoms with Gasteiger partial charge < -0.3 is 44.6 Å². The van der Waals surface area contributed by atoms with Gasteiger partial charge in [-0.2, -0.15) is 0 Å². The van der Waals surface area contributed by atoms with E-state index in [1.165, 1.54) is 56.2 Å². The standard InChI is InChI=1S/C15H25N.2C9H13N.3C7H9N.6CH4.6CH3.6Ta/c1-6-11-12(7-2)14(9-4)16-15(10-5)13(11)8-3;1-3-8-5-9(4-2)7-10-6-8;1-3-8-6-5-7-9(4-2)10-8;1-2-7-3-5-8-6-4-7;1-2-7-4-3-5-8-6-7;1-2-7-5-3-4-6-8-7;;;;;;;;;;;;;;;;;;/h6-10H2,1-5H3;2*5-7H,3-4H2,1-2H3;3*3-6H,2H2,1H3;6*1H4;6*1H3;;;;;;/q;;;;;;;;;;;;6*-1;;;;;;. The summed E-state index contributed by atoms with van der Waals surface area (Å²) in [7, 11) is 0. The molecule has 6 heterocycles. The van der Waals surface area contributed by atoms with Gasteiger partial charge in [-0.25, -0.2) is 0 Å². The molecule has 6 aromatic rings. The normalized spacial score (nSPS) is 7.54. The Morgan fingerprint density at radius 2 is 0.667 bits per heavy atom. The molecule has 0 amide bonds. The second-order valence-electron chi connectivity index (χ2n) is 14.0. The molecule has 0 N–H and O–H groups in total. The Morgan fingerprint density at radius 1 is 0.282 bits per heavy atom. The molecule has 450 valence electrons. The SMILES string of the molecule is C.C.C.C.C.C.CCc1cccc(CC)n1.CCc1ccccn1.CCc1cccnc1.CCc1ccncc1.CCc1cncc(CC)c1.CCc1nc(CC)c(CC)c(CC)c1CC.[CH3-].[CH3-].[CH3-].[CH3-].[CH3-].[CH3-].[Ta].[Ta].[Ta].[Ta].[Ta].[Ta]. The van der Waals surface area contributed by atoms with Crippen molar-refractivity contribution in [3.63, 3.8) is 0 Å². The molecule has 12 heteroatoms. The molecule has 6 radical (unpaired) electrons. The first-order valence-electron chi connectivity index (χ1n) is 22.8. The summed E-state index contributed by atoms with van der Waals surface area (Å²) in [5.41, 5.74) is 16.1. The summed E-state index contributed by atoms with van der Waals surface area (Å²) >= 11 is 0. The van der Waals surface area contributed by atoms with Gasteiger partial charge in [-0.05, 0) is 158 Å². The van der Waals surface area contributed by atoms with E-state index in [0.717, 1.165) is 82.7 Å². The fraction of sp³-hybridized carbons (Fsp3) is 0.455. The largest absolute Gasteiger partial charge is 0.358 e. The molecule has 0 spiro atoms. The van der Waals surface area contributed by atoms with E-state index in [2.05, 4.69) is 138 Å². The molecule has 6 rings (SSSR count). The maximum Gasteiger partial charge on any atom is 0.0438 e. The summed E-state index contributed by atoms with van der Waals surface area (Å²) < 4.78 is 0. The van der Waals surface area contributed by atoms with E-state index in [1.54, 1.807) is 11.8 Å². The van der Waals surface area contributed by atoms with Crippen molar-refractivity contribution < 1.29 is 134 Å². The van der Waals surface area contributed by atoms with Crippen LogP contribution in [-0.2, 0) is 211 Å². The molecule has 0 bridgehead atoms. The Labute approximate surface area is 584 Å². The van der Waals surface area contributed by atoms with E-state index >= 15 is 0 Å². The van der Waals surface area contributed by atoms with Gasteiger partial charge in [-0.1, -0.05) is 152 Å². The number of pyridine rings is 6. The van der Waals surface area contributed by atoms with Crippen LogP contribution >= 0.6 is 0 Å². The molecule has 0 aliphatic rings. The summed E-state index contributed by atoms with van der Waals surface area (Å²) in [5.74, 6) is 0. The monoisotopic (exact) mass is 2080 g/mol. The zero-order valence-corrected chi connectivity index (χ0v) is 67.5. The number of hydrogen-bond acceptors (Lipinski definition) is 6. The first-order valence-corrected chi connectivity index (χ1v) is 22.8. The molecule has 0 saturated carbocycles. The van der Waals surface area contributed by atoms with Gasteiger partial charge in [-0.15, -0.1) is 0 Å². The van der Waals surface area contributed by atoms with E-state index in [-0.39, 0.29) is 223 Å². The fourth-order valence-corrected chi connectivity index (χ4v) is 6.36. The summed E-state index contributed by atoms with van der Waals surface area (Å²) in [6.07, 6.45) is 26.0. The minimum absolute atomic E-state index is 0. The van der Waals surface area contributed by atoms with E-state index in [1.807, 2.05) is 73.6 Å². The van der Waals surface area contributed by atoms with Gasteiger partial charge in [0.25, 0.3) is 0 Å². The minimum atomic E-state index is 0. The molecular weight excluding hydrogens is 1960 g/mol. The van der Waals surface area contributed by atoms with Gasteiger partial charge in [-0.3, -0.25) is 29.9 Å². The molecule has 0 fully saturated rings. The van der Waals surface area contributed by atoms with E-state index < -0.39 is 0 Å². The van der Waals surface area contributed by atoms with Crippen LogP contribution < -0.4 is 0 Å². The first-order chi connectivity index (χ1) is 29.2. The minimum Gasteiger partial charge on any atom is -0.358 e. The quantitative estimate of drug-likeness (QED) is 0.114. The molecule has 6 aromatic heterocycles. The zero-order valence-electron chi connectivity index (χ0n) is 48.2. The number of aromatic nitrogens is 6. The van der Waals surface area contributed by atoms with E-state index in [9.17, 15) is 0 Å². The molecular formula is C66H120N6Ta6-6. The first kappa shape index (κ1) is 128. The average molecular weight is 2080 g/mol. The number of nitrogens with zero attached hydrogens (tertiary/aromatic N) is 6. The van der Waals surface area contributed by atoms with Crippen LogP contribution in [0.3, 0.4) is 0 Å². The molecule has 0 aliphatic heterocycles. The van der Waals surface area contributed by atoms with Crippen LogP contribution in [0.15, 0.2) is 110 Å². The molecule has 0 unspecified atom stereocenters. The van der Waals surface area contributed by atoms with Crippen molar-refractivity contribution in [2.45, 2.75) is 205 Å². The molecule has 78 heavy (non-hydrogen) atoms. The predicted octanol–water partition coefficient (Wildman–Crippen LogP) is 19.7. The van der Waals surface area contributed by atoms with Gasteiger partial charge in [0.1, 0.15) is 0 Å². The Balaban J connectivity index is -0.0000000336. The number of rotatable bonds is 12. The zero-order chi connectivity index (χ0) is 44.4.